The number of fused-ring (bicyclic) bond motifs is 1. The Labute approximate surface area is 95.8 Å². The molecule has 2 saturated carbocycles. The number of hydrogen-bond acceptors (Lipinski definition) is 1. The van der Waals surface area contributed by atoms with Crippen LogP contribution in [0.5, 0.6) is 0 Å². The van der Waals surface area contributed by atoms with Gasteiger partial charge in [-0.25, -0.2) is 0 Å². The van der Waals surface area contributed by atoms with Gasteiger partial charge in [-0.1, -0.05) is 0 Å². The minimum absolute atomic E-state index is 0.0535. The number of carbonyl (C=O) groups is 1. The van der Waals surface area contributed by atoms with Crippen LogP contribution in [0.1, 0.15) is 18.4 Å². The highest BCUT2D eigenvalue weighted by atomic mass is 19.4. The number of benzene rings is 1. The Bertz CT molecular complexity index is 472. The molecule has 0 atom stereocenters. The van der Waals surface area contributed by atoms with Crippen molar-refractivity contribution >= 4 is 11.6 Å². The Morgan fingerprint density at radius 1 is 1.24 bits per heavy atom. The molecule has 0 radical (unpaired) electrons. The summed E-state index contributed by atoms with van der Waals surface area (Å²) in [5.41, 5.74) is -0.442. The third-order valence-electron chi connectivity index (χ3n) is 3.60. The molecule has 2 aliphatic rings. The van der Waals surface area contributed by atoms with Gasteiger partial charge in [-0.15, -0.1) is 0 Å². The summed E-state index contributed by atoms with van der Waals surface area (Å²) in [5.74, 6) is 0.471. The standard InChI is InChI=1S/C12H10F3NO/c13-12(14,15)7-1-3-9(4-2-7)16-10(17)11-5-8(11)6-11/h1-4,8H,5-6H2,(H,16,17). The third kappa shape index (κ3) is 1.69. The molecule has 2 nitrogen and oxygen atoms in total. The number of hydrogen-bond donors (Lipinski definition) is 1. The van der Waals surface area contributed by atoms with Crippen molar-refractivity contribution in [2.75, 3.05) is 5.32 Å². The lowest BCUT2D eigenvalue weighted by Gasteiger charge is -2.09. The lowest BCUT2D eigenvalue weighted by Crippen LogP contribution is -2.18. The fourth-order valence-corrected chi connectivity index (χ4v) is 2.07. The summed E-state index contributed by atoms with van der Waals surface area (Å²) >= 11 is 0. The fourth-order valence-electron chi connectivity index (χ4n) is 2.07. The van der Waals surface area contributed by atoms with Gasteiger partial charge in [0.05, 0.1) is 11.0 Å². The number of alkyl halides is 3. The highest BCUT2D eigenvalue weighted by molar-refractivity contribution is 6.00. The van der Waals surface area contributed by atoms with Crippen LogP contribution < -0.4 is 5.32 Å². The molecule has 1 aromatic carbocycles. The first-order valence-corrected chi connectivity index (χ1v) is 5.40. The van der Waals surface area contributed by atoms with Crippen LogP contribution in [-0.4, -0.2) is 5.91 Å². The second-order valence-electron chi connectivity index (χ2n) is 4.79. The molecule has 0 heterocycles. The topological polar surface area (TPSA) is 29.1 Å². The first-order chi connectivity index (χ1) is 7.92. The summed E-state index contributed by atoms with van der Waals surface area (Å²) in [6, 6.07) is 4.53. The van der Waals surface area contributed by atoms with E-state index in [4.69, 9.17) is 0 Å². The zero-order valence-corrected chi connectivity index (χ0v) is 8.84. The summed E-state index contributed by atoms with van der Waals surface area (Å²) in [4.78, 5) is 11.7. The van der Waals surface area contributed by atoms with Crippen molar-refractivity contribution in [1.29, 1.82) is 0 Å². The van der Waals surface area contributed by atoms with Crippen LogP contribution >= 0.6 is 0 Å². The lowest BCUT2D eigenvalue weighted by atomic mass is 10.1. The van der Waals surface area contributed by atoms with E-state index in [0.717, 1.165) is 25.0 Å². The molecule has 2 aliphatic carbocycles. The lowest BCUT2D eigenvalue weighted by molar-refractivity contribution is -0.137. The predicted octanol–water partition coefficient (Wildman–Crippen LogP) is 3.05. The monoisotopic (exact) mass is 241 g/mol. The van der Waals surface area contributed by atoms with Crippen molar-refractivity contribution in [3.05, 3.63) is 29.8 Å². The first kappa shape index (κ1) is 10.6. The molecule has 0 spiro atoms. The Morgan fingerprint density at radius 2 is 1.76 bits per heavy atom. The Kier molecular flexibility index (Phi) is 1.89. The predicted molar refractivity (Wildman–Crippen MR) is 55.2 cm³/mol. The summed E-state index contributed by atoms with van der Waals surface area (Å²) in [5, 5.41) is 2.66. The summed E-state index contributed by atoms with van der Waals surface area (Å²) in [6.07, 6.45) is -2.47. The molecular weight excluding hydrogens is 231 g/mol. The zero-order chi connectivity index (χ0) is 12.3. The molecule has 1 aromatic rings. The Morgan fingerprint density at radius 3 is 2.18 bits per heavy atom. The molecule has 3 rings (SSSR count). The molecule has 0 aromatic heterocycles. The molecule has 17 heavy (non-hydrogen) atoms. The smallest absolute Gasteiger partial charge is 0.326 e. The van der Waals surface area contributed by atoms with Gasteiger partial charge >= 0.3 is 6.18 Å². The minimum Gasteiger partial charge on any atom is -0.326 e. The molecular formula is C12H10F3NO. The molecule has 0 unspecified atom stereocenters. The van der Waals surface area contributed by atoms with Crippen LogP contribution in [0.2, 0.25) is 0 Å². The molecule has 1 amide bonds. The highest BCUT2D eigenvalue weighted by Crippen LogP contribution is 2.75. The second kappa shape index (κ2) is 3.03. The highest BCUT2D eigenvalue weighted by Gasteiger charge is 2.74. The number of nitrogens with one attached hydrogen (secondary N) is 1. The maximum absolute atomic E-state index is 12.3. The first-order valence-electron chi connectivity index (χ1n) is 5.40. The second-order valence-corrected chi connectivity index (χ2v) is 4.79. The molecule has 0 bridgehead atoms. The van der Waals surface area contributed by atoms with Gasteiger partial charge in [0.15, 0.2) is 0 Å². The van der Waals surface area contributed by atoms with Crippen molar-refractivity contribution in [2.45, 2.75) is 19.0 Å². The van der Waals surface area contributed by atoms with E-state index in [-0.39, 0.29) is 11.3 Å². The van der Waals surface area contributed by atoms with Crippen LogP contribution in [0.4, 0.5) is 18.9 Å². The maximum Gasteiger partial charge on any atom is 0.416 e. The van der Waals surface area contributed by atoms with Crippen molar-refractivity contribution < 1.29 is 18.0 Å². The summed E-state index contributed by atoms with van der Waals surface area (Å²) < 4.78 is 36.9. The molecule has 90 valence electrons. The van der Waals surface area contributed by atoms with Crippen LogP contribution in [0.3, 0.4) is 0 Å². The van der Waals surface area contributed by atoms with Gasteiger partial charge in [-0.2, -0.15) is 13.2 Å². The Balaban J connectivity index is 1.70. The van der Waals surface area contributed by atoms with E-state index in [1.54, 1.807) is 0 Å². The quantitative estimate of drug-likeness (QED) is 0.847. The molecule has 0 aliphatic heterocycles. The average Bonchev–Trinajstić information content (AvgIpc) is 3.04. The van der Waals surface area contributed by atoms with E-state index >= 15 is 0 Å². The summed E-state index contributed by atoms with van der Waals surface area (Å²) in [7, 11) is 0. The van der Waals surface area contributed by atoms with E-state index in [1.807, 2.05) is 0 Å². The van der Waals surface area contributed by atoms with Crippen LogP contribution in [0.25, 0.3) is 0 Å². The molecule has 1 N–H and O–H groups in total. The third-order valence-corrected chi connectivity index (χ3v) is 3.60. The van der Waals surface area contributed by atoms with E-state index in [0.29, 0.717) is 11.6 Å². The average molecular weight is 241 g/mol. The largest absolute Gasteiger partial charge is 0.416 e. The van der Waals surface area contributed by atoms with Crippen LogP contribution in [-0.2, 0) is 11.0 Å². The minimum atomic E-state index is -4.33. The fraction of sp³-hybridized carbons (Fsp3) is 0.417. The number of halogens is 3. The van der Waals surface area contributed by atoms with E-state index in [1.165, 1.54) is 12.1 Å². The van der Waals surface area contributed by atoms with E-state index in [2.05, 4.69) is 5.32 Å². The van der Waals surface area contributed by atoms with Crippen molar-refractivity contribution in [3.8, 4) is 0 Å². The normalized spacial score (nSPS) is 29.5. The van der Waals surface area contributed by atoms with Gasteiger partial charge in [0.25, 0.3) is 0 Å². The zero-order valence-electron chi connectivity index (χ0n) is 8.84. The number of carbonyl (C=O) groups excluding carboxylic acids is 1. The number of rotatable bonds is 2. The Hall–Kier alpha value is -1.52. The summed E-state index contributed by atoms with van der Waals surface area (Å²) in [6.45, 7) is 0. The van der Waals surface area contributed by atoms with Gasteiger partial charge in [0.1, 0.15) is 0 Å². The van der Waals surface area contributed by atoms with Crippen molar-refractivity contribution in [2.24, 2.45) is 11.3 Å². The van der Waals surface area contributed by atoms with E-state index < -0.39 is 11.7 Å². The maximum atomic E-state index is 12.3. The number of amides is 1. The SMILES string of the molecule is O=C(Nc1ccc(C(F)(F)F)cc1)C12CC1C2. The van der Waals surface area contributed by atoms with Gasteiger partial charge in [0.2, 0.25) is 5.91 Å². The molecule has 5 heteroatoms. The van der Waals surface area contributed by atoms with Gasteiger partial charge in [-0.05, 0) is 43.0 Å². The van der Waals surface area contributed by atoms with Crippen molar-refractivity contribution in [1.82, 2.24) is 0 Å². The number of anilines is 1. The van der Waals surface area contributed by atoms with E-state index in [9.17, 15) is 18.0 Å². The van der Waals surface area contributed by atoms with Gasteiger partial charge in [0, 0.05) is 5.69 Å². The van der Waals surface area contributed by atoms with Gasteiger partial charge in [-0.3, -0.25) is 4.79 Å². The van der Waals surface area contributed by atoms with Gasteiger partial charge < -0.3 is 5.32 Å². The van der Waals surface area contributed by atoms with Crippen molar-refractivity contribution in [3.63, 3.8) is 0 Å². The molecule has 2 fully saturated rings. The molecule has 0 saturated heterocycles. The van der Waals surface area contributed by atoms with Crippen LogP contribution in [0.15, 0.2) is 24.3 Å². The van der Waals surface area contributed by atoms with Crippen LogP contribution in [0, 0.1) is 11.3 Å².